The number of nitrogens with zero attached hydrogens (tertiary/aromatic N) is 1. The first-order valence-electron chi connectivity index (χ1n) is 5.54. The van der Waals surface area contributed by atoms with E-state index in [-0.39, 0.29) is 44.1 Å². The topological polar surface area (TPSA) is 39.1 Å². The minimum atomic E-state index is 0. The van der Waals surface area contributed by atoms with Crippen molar-refractivity contribution in [1.82, 2.24) is 10.2 Å². The Balaban J connectivity index is 0.00000128. The van der Waals surface area contributed by atoms with E-state index in [1.54, 1.807) is 0 Å². The van der Waals surface area contributed by atoms with Gasteiger partial charge in [-0.15, -0.1) is 6.54 Å². The Labute approximate surface area is 133 Å². The van der Waals surface area contributed by atoms with Crippen molar-refractivity contribution in [2.45, 2.75) is 13.1 Å². The van der Waals surface area contributed by atoms with Crippen LogP contribution in [0.3, 0.4) is 0 Å². The van der Waals surface area contributed by atoms with Crippen LogP contribution < -0.4 is 5.32 Å². The van der Waals surface area contributed by atoms with Crippen LogP contribution in [0.2, 0.25) is 0 Å². The number of nitrogens with one attached hydrogen (secondary N) is 2. The van der Waals surface area contributed by atoms with Crippen molar-refractivity contribution in [3.63, 3.8) is 0 Å². The van der Waals surface area contributed by atoms with E-state index in [1.807, 2.05) is 0 Å². The fourth-order valence-corrected chi connectivity index (χ4v) is 1.89. The molecule has 2 rings (SSSR count). The number of hydrogen-bond donors (Lipinski definition) is 1. The zero-order valence-corrected chi connectivity index (χ0v) is 14.3. The second kappa shape index (κ2) is 7.79. The molecule has 4 heteroatoms. The summed E-state index contributed by atoms with van der Waals surface area (Å²) in [4.78, 5) is 2.46. The summed E-state index contributed by atoms with van der Waals surface area (Å²) in [5.41, 5.74) is 9.70. The molecule has 16 heavy (non-hydrogen) atoms. The first-order chi connectivity index (χ1) is 7.38. The standard InChI is InChI=1S/C12H18N3.Ac/c13-9-11-1-3-12(4-2-11)10-15-7-5-14-6-8-15;/h1-4,13-14H,5-10H2;/q-1;. The van der Waals surface area contributed by atoms with Crippen LogP contribution in [0, 0.1) is 44.1 Å². The predicted molar refractivity (Wildman–Crippen MR) is 62.6 cm³/mol. The normalized spacial score (nSPS) is 16.8. The summed E-state index contributed by atoms with van der Waals surface area (Å²) in [6, 6.07) is 8.41. The van der Waals surface area contributed by atoms with Crippen LogP contribution in [0.25, 0.3) is 5.73 Å². The molecule has 1 fully saturated rings. The molecule has 1 radical (unpaired) electrons. The summed E-state index contributed by atoms with van der Waals surface area (Å²) < 4.78 is 0. The van der Waals surface area contributed by atoms with Crippen molar-refractivity contribution in [2.24, 2.45) is 0 Å². The molecule has 1 heterocycles. The van der Waals surface area contributed by atoms with Gasteiger partial charge in [-0.3, -0.25) is 4.90 Å². The SMILES string of the molecule is [Ac].[NH-]Cc1ccc(CN2CCNCC2)cc1. The van der Waals surface area contributed by atoms with E-state index in [1.165, 1.54) is 5.56 Å². The molecule has 1 aliphatic heterocycles. The van der Waals surface area contributed by atoms with Gasteiger partial charge in [0.1, 0.15) is 0 Å². The van der Waals surface area contributed by atoms with Crippen molar-refractivity contribution in [1.29, 1.82) is 0 Å². The van der Waals surface area contributed by atoms with Gasteiger partial charge in [-0.1, -0.05) is 29.8 Å². The molecule has 1 aromatic carbocycles. The Kier molecular flexibility index (Phi) is 7.11. The summed E-state index contributed by atoms with van der Waals surface area (Å²) in [7, 11) is 0. The molecule has 1 saturated heterocycles. The number of benzene rings is 1. The molecule has 2 N–H and O–H groups in total. The van der Waals surface area contributed by atoms with E-state index in [0.717, 1.165) is 38.3 Å². The van der Waals surface area contributed by atoms with Gasteiger partial charge >= 0.3 is 0 Å². The van der Waals surface area contributed by atoms with Gasteiger partial charge in [0.2, 0.25) is 0 Å². The Morgan fingerprint density at radius 1 is 1.06 bits per heavy atom. The van der Waals surface area contributed by atoms with Gasteiger partial charge in [-0.05, 0) is 5.56 Å². The molecule has 0 saturated carbocycles. The molecular formula is C12H18AcN3-. The third kappa shape index (κ3) is 4.43. The second-order valence-electron chi connectivity index (χ2n) is 4.02. The summed E-state index contributed by atoms with van der Waals surface area (Å²) >= 11 is 0. The van der Waals surface area contributed by atoms with Crippen molar-refractivity contribution < 1.29 is 44.1 Å². The van der Waals surface area contributed by atoms with Crippen molar-refractivity contribution in [2.75, 3.05) is 26.2 Å². The first kappa shape index (κ1) is 14.6. The summed E-state index contributed by atoms with van der Waals surface area (Å²) in [6.07, 6.45) is 0. The molecule has 0 aromatic heterocycles. The van der Waals surface area contributed by atoms with E-state index in [4.69, 9.17) is 5.73 Å². The number of hydrogen-bond acceptors (Lipinski definition) is 2. The second-order valence-corrected chi connectivity index (χ2v) is 4.02. The molecule has 1 aliphatic rings. The molecular weight excluding hydrogens is 413 g/mol. The smallest absolute Gasteiger partial charge is 0.0234 e. The van der Waals surface area contributed by atoms with Crippen LogP contribution in [-0.2, 0) is 13.1 Å². The van der Waals surface area contributed by atoms with Gasteiger partial charge in [-0.2, -0.15) is 0 Å². The van der Waals surface area contributed by atoms with Crippen LogP contribution in [0.4, 0.5) is 0 Å². The van der Waals surface area contributed by atoms with E-state index >= 15 is 0 Å². The van der Waals surface area contributed by atoms with E-state index in [2.05, 4.69) is 34.5 Å². The van der Waals surface area contributed by atoms with Gasteiger partial charge < -0.3 is 11.1 Å². The average Bonchev–Trinajstić information content (AvgIpc) is 2.31. The molecule has 3 nitrogen and oxygen atoms in total. The molecule has 0 aliphatic carbocycles. The fraction of sp³-hybridized carbons (Fsp3) is 0.500. The van der Waals surface area contributed by atoms with Crippen LogP contribution in [-0.4, -0.2) is 31.1 Å². The minimum absolute atomic E-state index is 0. The fourth-order valence-electron chi connectivity index (χ4n) is 1.89. The Hall–Kier alpha value is 0.542. The number of piperazine rings is 1. The maximum absolute atomic E-state index is 7.25. The van der Waals surface area contributed by atoms with E-state index in [0.29, 0.717) is 6.54 Å². The summed E-state index contributed by atoms with van der Waals surface area (Å²) in [5.74, 6) is 0. The van der Waals surface area contributed by atoms with Gasteiger partial charge in [0.15, 0.2) is 0 Å². The van der Waals surface area contributed by atoms with E-state index in [9.17, 15) is 0 Å². The first-order valence-corrected chi connectivity index (χ1v) is 5.54. The predicted octanol–water partition coefficient (Wildman–Crippen LogP) is 1.64. The zero-order chi connectivity index (χ0) is 10.5. The minimum Gasteiger partial charge on any atom is -0.674 e. The molecule has 0 atom stereocenters. The van der Waals surface area contributed by atoms with Crippen molar-refractivity contribution >= 4 is 0 Å². The van der Waals surface area contributed by atoms with Crippen molar-refractivity contribution in [3.8, 4) is 0 Å². The van der Waals surface area contributed by atoms with Gasteiger partial charge in [0.05, 0.1) is 0 Å². The van der Waals surface area contributed by atoms with Gasteiger partial charge in [0, 0.05) is 76.8 Å². The third-order valence-corrected chi connectivity index (χ3v) is 2.84. The third-order valence-electron chi connectivity index (χ3n) is 2.84. The quantitative estimate of drug-likeness (QED) is 0.791. The molecule has 0 bridgehead atoms. The molecule has 1 aromatic rings. The average molecular weight is 431 g/mol. The van der Waals surface area contributed by atoms with Crippen LogP contribution in [0.15, 0.2) is 24.3 Å². The van der Waals surface area contributed by atoms with Crippen LogP contribution in [0.5, 0.6) is 0 Å². The molecule has 0 unspecified atom stereocenters. The van der Waals surface area contributed by atoms with Crippen LogP contribution in [0.1, 0.15) is 11.1 Å². The maximum Gasteiger partial charge on any atom is 0.0234 e. The zero-order valence-electron chi connectivity index (χ0n) is 9.58. The Morgan fingerprint density at radius 2 is 1.62 bits per heavy atom. The summed E-state index contributed by atoms with van der Waals surface area (Å²) in [5, 5.41) is 3.35. The molecule has 0 amide bonds. The molecule has 85 valence electrons. The largest absolute Gasteiger partial charge is 0.674 e. The van der Waals surface area contributed by atoms with Crippen molar-refractivity contribution in [3.05, 3.63) is 41.1 Å². The maximum atomic E-state index is 7.25. The summed E-state index contributed by atoms with van der Waals surface area (Å²) in [6.45, 7) is 5.91. The van der Waals surface area contributed by atoms with Crippen LogP contribution >= 0.6 is 0 Å². The number of rotatable bonds is 3. The Morgan fingerprint density at radius 3 is 2.19 bits per heavy atom. The monoisotopic (exact) mass is 431 g/mol. The van der Waals surface area contributed by atoms with Gasteiger partial charge in [0.25, 0.3) is 0 Å². The Bertz CT molecular complexity index is 294. The van der Waals surface area contributed by atoms with Gasteiger partial charge in [-0.25, -0.2) is 0 Å². The molecule has 0 spiro atoms. The van der Waals surface area contributed by atoms with E-state index < -0.39 is 0 Å².